The Morgan fingerprint density at radius 1 is 1.31 bits per heavy atom. The van der Waals surface area contributed by atoms with E-state index in [-0.39, 0.29) is 6.42 Å². The molecule has 0 bridgehead atoms. The van der Waals surface area contributed by atoms with Crippen molar-refractivity contribution in [2.75, 3.05) is 5.32 Å². The van der Waals surface area contributed by atoms with Gasteiger partial charge in [-0.05, 0) is 23.8 Å². The van der Waals surface area contributed by atoms with E-state index in [0.29, 0.717) is 11.3 Å². The average molecular weight is 225 g/mol. The first-order chi connectivity index (χ1) is 7.45. The summed E-state index contributed by atoms with van der Waals surface area (Å²) in [7, 11) is 0. The van der Waals surface area contributed by atoms with Gasteiger partial charge in [0.2, 0.25) is 5.54 Å². The molecule has 84 valence electrons. The predicted octanol–water partition coefficient (Wildman–Crippen LogP) is 0.702. The third-order valence-corrected chi connectivity index (χ3v) is 2.60. The van der Waals surface area contributed by atoms with Crippen LogP contribution in [0.25, 0.3) is 0 Å². The number of fused-ring (bicyclic) bond motifs is 1. The van der Waals surface area contributed by atoms with Crippen LogP contribution in [0.2, 0.25) is 0 Å². The van der Waals surface area contributed by atoms with E-state index < -0.39 is 23.3 Å². The van der Waals surface area contributed by atoms with E-state index in [0.717, 1.165) is 12.1 Å². The second-order valence-corrected chi connectivity index (χ2v) is 3.62. The summed E-state index contributed by atoms with van der Waals surface area (Å²) >= 11 is 0. The molecule has 1 aliphatic rings. The molecule has 0 aromatic heterocycles. The summed E-state index contributed by atoms with van der Waals surface area (Å²) in [5.74, 6) is -3.50. The van der Waals surface area contributed by atoms with E-state index in [4.69, 9.17) is 10.2 Å². The minimum absolute atomic E-state index is 0.273. The second kappa shape index (κ2) is 3.19. The van der Waals surface area contributed by atoms with Crippen molar-refractivity contribution >= 4 is 17.6 Å². The van der Waals surface area contributed by atoms with Crippen molar-refractivity contribution in [3.63, 3.8) is 0 Å². The molecule has 0 aliphatic carbocycles. The monoisotopic (exact) mass is 225 g/mol. The van der Waals surface area contributed by atoms with Crippen LogP contribution in [-0.2, 0) is 16.0 Å². The Kier molecular flexibility index (Phi) is 2.08. The van der Waals surface area contributed by atoms with Crippen LogP contribution in [0.3, 0.4) is 0 Å². The first-order valence-corrected chi connectivity index (χ1v) is 4.49. The largest absolute Gasteiger partial charge is 0.479 e. The van der Waals surface area contributed by atoms with E-state index in [1.54, 1.807) is 0 Å². The number of carbonyl (C=O) groups is 2. The average Bonchev–Trinajstić information content (AvgIpc) is 2.57. The number of aliphatic carboxylic acids is 2. The van der Waals surface area contributed by atoms with Gasteiger partial charge in [0.05, 0.1) is 0 Å². The number of hydrogen-bond donors (Lipinski definition) is 3. The fourth-order valence-electron chi connectivity index (χ4n) is 1.74. The zero-order valence-corrected chi connectivity index (χ0v) is 8.03. The van der Waals surface area contributed by atoms with Crippen LogP contribution in [0.4, 0.5) is 10.1 Å². The van der Waals surface area contributed by atoms with Crippen molar-refractivity contribution in [3.05, 3.63) is 29.6 Å². The number of benzene rings is 1. The highest BCUT2D eigenvalue weighted by molar-refractivity contribution is 6.08. The SMILES string of the molecule is O=C(O)C1(C(=O)O)Cc2cc(F)ccc2N1. The zero-order valence-electron chi connectivity index (χ0n) is 8.03. The molecule has 0 radical (unpaired) electrons. The number of carboxylic acid groups (broad SMARTS) is 2. The molecule has 0 amide bonds. The molecule has 1 aliphatic heterocycles. The highest BCUT2D eigenvalue weighted by atomic mass is 19.1. The maximum Gasteiger partial charge on any atom is 0.341 e. The van der Waals surface area contributed by atoms with Gasteiger partial charge in [-0.1, -0.05) is 0 Å². The molecule has 5 nitrogen and oxygen atoms in total. The number of rotatable bonds is 2. The summed E-state index contributed by atoms with van der Waals surface area (Å²) in [5.41, 5.74) is -1.40. The van der Waals surface area contributed by atoms with Crippen LogP contribution >= 0.6 is 0 Å². The predicted molar refractivity (Wildman–Crippen MR) is 51.7 cm³/mol. The third kappa shape index (κ3) is 1.30. The van der Waals surface area contributed by atoms with Gasteiger partial charge in [-0.3, -0.25) is 0 Å². The molecule has 0 spiro atoms. The highest BCUT2D eigenvalue weighted by Gasteiger charge is 2.51. The summed E-state index contributed by atoms with van der Waals surface area (Å²) in [5, 5.41) is 20.3. The van der Waals surface area contributed by atoms with E-state index in [1.165, 1.54) is 6.07 Å². The van der Waals surface area contributed by atoms with E-state index >= 15 is 0 Å². The zero-order chi connectivity index (χ0) is 11.9. The molecule has 0 fully saturated rings. The molecule has 3 N–H and O–H groups in total. The third-order valence-electron chi connectivity index (χ3n) is 2.60. The van der Waals surface area contributed by atoms with Crippen LogP contribution in [0.1, 0.15) is 5.56 Å². The molecule has 0 unspecified atom stereocenters. The molecule has 0 atom stereocenters. The lowest BCUT2D eigenvalue weighted by Gasteiger charge is -2.19. The van der Waals surface area contributed by atoms with E-state index in [1.807, 2.05) is 0 Å². The summed E-state index contributed by atoms with van der Waals surface area (Å²) in [4.78, 5) is 22.0. The fraction of sp³-hybridized carbons (Fsp3) is 0.200. The molecule has 16 heavy (non-hydrogen) atoms. The topological polar surface area (TPSA) is 86.6 Å². The van der Waals surface area contributed by atoms with Crippen LogP contribution in [0, 0.1) is 5.82 Å². The smallest absolute Gasteiger partial charge is 0.341 e. The molecule has 0 saturated heterocycles. The van der Waals surface area contributed by atoms with Gasteiger partial charge in [0.25, 0.3) is 0 Å². The Labute approximate surface area is 89.5 Å². The van der Waals surface area contributed by atoms with Crippen molar-refractivity contribution in [1.29, 1.82) is 0 Å². The molecule has 1 aromatic rings. The van der Waals surface area contributed by atoms with Crippen molar-refractivity contribution in [1.82, 2.24) is 0 Å². The molecule has 0 saturated carbocycles. The van der Waals surface area contributed by atoms with Crippen molar-refractivity contribution in [2.24, 2.45) is 0 Å². The van der Waals surface area contributed by atoms with Crippen LogP contribution < -0.4 is 5.32 Å². The lowest BCUT2D eigenvalue weighted by molar-refractivity contribution is -0.155. The van der Waals surface area contributed by atoms with Crippen molar-refractivity contribution in [3.8, 4) is 0 Å². The molecule has 1 aromatic carbocycles. The second-order valence-electron chi connectivity index (χ2n) is 3.62. The minimum Gasteiger partial charge on any atom is -0.479 e. The Hall–Kier alpha value is -2.11. The molecular weight excluding hydrogens is 217 g/mol. The van der Waals surface area contributed by atoms with Gasteiger partial charge < -0.3 is 15.5 Å². The molecule has 2 rings (SSSR count). The Morgan fingerprint density at radius 2 is 1.94 bits per heavy atom. The molecular formula is C10H8FNO4. The number of nitrogens with one attached hydrogen (secondary N) is 1. The van der Waals surface area contributed by atoms with Gasteiger partial charge in [-0.15, -0.1) is 0 Å². The Balaban J connectivity index is 2.46. The van der Waals surface area contributed by atoms with Crippen molar-refractivity contribution < 1.29 is 24.2 Å². The summed E-state index contributed by atoms with van der Waals surface area (Å²) in [6, 6.07) is 3.61. The van der Waals surface area contributed by atoms with Crippen molar-refractivity contribution in [2.45, 2.75) is 12.0 Å². The van der Waals surface area contributed by atoms with Crippen LogP contribution in [-0.4, -0.2) is 27.7 Å². The van der Waals surface area contributed by atoms with Crippen LogP contribution in [0.5, 0.6) is 0 Å². The lowest BCUT2D eigenvalue weighted by atomic mass is 9.95. The number of hydrogen-bond acceptors (Lipinski definition) is 3. The van der Waals surface area contributed by atoms with Gasteiger partial charge in [0, 0.05) is 12.1 Å². The Bertz CT molecular complexity index is 472. The first kappa shape index (κ1) is 10.4. The van der Waals surface area contributed by atoms with E-state index in [9.17, 15) is 14.0 Å². The minimum atomic E-state index is -2.09. The lowest BCUT2D eigenvalue weighted by Crippen LogP contribution is -2.52. The van der Waals surface area contributed by atoms with Gasteiger partial charge in [0.15, 0.2) is 0 Å². The van der Waals surface area contributed by atoms with Gasteiger partial charge in [-0.25, -0.2) is 14.0 Å². The van der Waals surface area contributed by atoms with E-state index in [2.05, 4.69) is 5.32 Å². The molecule has 6 heteroatoms. The summed E-state index contributed by atoms with van der Waals surface area (Å²) in [6.45, 7) is 0. The Morgan fingerprint density at radius 3 is 2.50 bits per heavy atom. The maximum absolute atomic E-state index is 12.9. The maximum atomic E-state index is 12.9. The normalized spacial score (nSPS) is 16.3. The number of carboxylic acids is 2. The summed E-state index contributed by atoms with van der Waals surface area (Å²) in [6.07, 6.45) is -0.273. The molecule has 1 heterocycles. The summed E-state index contributed by atoms with van der Waals surface area (Å²) < 4.78 is 12.9. The quantitative estimate of drug-likeness (QED) is 0.645. The first-order valence-electron chi connectivity index (χ1n) is 4.49. The van der Waals surface area contributed by atoms with Gasteiger partial charge in [-0.2, -0.15) is 0 Å². The number of anilines is 1. The van der Waals surface area contributed by atoms with Gasteiger partial charge >= 0.3 is 11.9 Å². The fourth-order valence-corrected chi connectivity index (χ4v) is 1.74. The highest BCUT2D eigenvalue weighted by Crippen LogP contribution is 2.33. The van der Waals surface area contributed by atoms with Gasteiger partial charge in [0.1, 0.15) is 5.82 Å². The standard InChI is InChI=1S/C10H8FNO4/c11-6-1-2-7-5(3-6)4-10(12-7,8(13)14)9(15)16/h1-3,12H,4H2,(H,13,14)(H,15,16). The van der Waals surface area contributed by atoms with Crippen LogP contribution in [0.15, 0.2) is 18.2 Å². The number of halogens is 1.